The summed E-state index contributed by atoms with van der Waals surface area (Å²) >= 11 is 0. The second-order valence-corrected chi connectivity index (χ2v) is 6.18. The fourth-order valence-corrected chi connectivity index (χ4v) is 2.67. The highest BCUT2D eigenvalue weighted by Crippen LogP contribution is 2.16. The van der Waals surface area contributed by atoms with Crippen LogP contribution in [0.3, 0.4) is 0 Å². The third-order valence-electron chi connectivity index (χ3n) is 4.10. The number of carbonyl (C=O) groups is 4. The number of amides is 2. The molecule has 1 aliphatic heterocycles. The van der Waals surface area contributed by atoms with Gasteiger partial charge < -0.3 is 24.8 Å². The second-order valence-electron chi connectivity index (χ2n) is 6.18. The van der Waals surface area contributed by atoms with Gasteiger partial charge in [0, 0.05) is 12.0 Å². The Bertz CT molecular complexity index is 815. The van der Waals surface area contributed by atoms with E-state index in [0.717, 1.165) is 0 Å². The summed E-state index contributed by atoms with van der Waals surface area (Å²) in [5, 5.41) is 5.02. The van der Waals surface area contributed by atoms with Gasteiger partial charge in [-0.3, -0.25) is 4.79 Å². The van der Waals surface area contributed by atoms with Gasteiger partial charge in [0.2, 0.25) is 0 Å². The Hall–Kier alpha value is -3.36. The van der Waals surface area contributed by atoms with E-state index in [-0.39, 0.29) is 36.9 Å². The van der Waals surface area contributed by atoms with Gasteiger partial charge in [-0.1, -0.05) is 6.92 Å². The van der Waals surface area contributed by atoms with Gasteiger partial charge in [-0.15, -0.1) is 0 Å². The standard InChI is InChI=1S/C20H24N2O7/c1-4-16(23)13-6-8-14(9-7-13)28-11-17(24)29-10-15-18(19(25)27-5-2)12(3)21-20(26)22-15/h6-9,12H,4-5,10-11H2,1-3H3,(H2,21,22,26)/t12-/m0/s1. The number of rotatable bonds is 9. The van der Waals surface area contributed by atoms with Crippen LogP contribution in [0.5, 0.6) is 5.75 Å². The summed E-state index contributed by atoms with van der Waals surface area (Å²) in [5.41, 5.74) is 0.920. The molecule has 0 aromatic heterocycles. The molecule has 0 saturated heterocycles. The second kappa shape index (κ2) is 10.3. The molecule has 1 aromatic carbocycles. The largest absolute Gasteiger partial charge is 0.482 e. The first-order valence-electron chi connectivity index (χ1n) is 9.25. The number of ketones is 1. The lowest BCUT2D eigenvalue weighted by Crippen LogP contribution is -2.50. The van der Waals surface area contributed by atoms with Crippen molar-refractivity contribution in [2.45, 2.75) is 33.2 Å². The first kappa shape index (κ1) is 21.9. The van der Waals surface area contributed by atoms with E-state index in [9.17, 15) is 19.2 Å². The van der Waals surface area contributed by atoms with Gasteiger partial charge in [0.1, 0.15) is 12.4 Å². The van der Waals surface area contributed by atoms with Crippen LogP contribution in [0.2, 0.25) is 0 Å². The van der Waals surface area contributed by atoms with Crippen LogP contribution in [-0.4, -0.2) is 49.6 Å². The van der Waals surface area contributed by atoms with Gasteiger partial charge in [0.25, 0.3) is 0 Å². The number of carbonyl (C=O) groups excluding carboxylic acids is 4. The third-order valence-corrected chi connectivity index (χ3v) is 4.10. The smallest absolute Gasteiger partial charge is 0.344 e. The molecule has 2 N–H and O–H groups in total. The van der Waals surface area contributed by atoms with Crippen LogP contribution in [0.15, 0.2) is 35.5 Å². The van der Waals surface area contributed by atoms with Crippen molar-refractivity contribution in [2.75, 3.05) is 19.8 Å². The zero-order valence-corrected chi connectivity index (χ0v) is 16.6. The molecule has 156 valence electrons. The molecule has 2 rings (SSSR count). The van der Waals surface area contributed by atoms with E-state index < -0.39 is 24.0 Å². The molecule has 2 amide bonds. The number of nitrogens with one attached hydrogen (secondary N) is 2. The van der Waals surface area contributed by atoms with Crippen LogP contribution in [0.4, 0.5) is 4.79 Å². The Morgan fingerprint density at radius 1 is 1.07 bits per heavy atom. The monoisotopic (exact) mass is 404 g/mol. The SMILES string of the molecule is CCOC(=O)C1=C(COC(=O)COc2ccc(C(=O)CC)cc2)NC(=O)N[C@H]1C. The molecule has 1 aliphatic rings. The van der Waals surface area contributed by atoms with Crippen molar-refractivity contribution < 1.29 is 33.4 Å². The molecule has 0 spiro atoms. The number of hydrogen-bond donors (Lipinski definition) is 2. The summed E-state index contributed by atoms with van der Waals surface area (Å²) in [5.74, 6) is -0.865. The molecule has 1 aromatic rings. The van der Waals surface area contributed by atoms with Crippen molar-refractivity contribution in [3.63, 3.8) is 0 Å². The van der Waals surface area contributed by atoms with Gasteiger partial charge >= 0.3 is 18.0 Å². The predicted molar refractivity (Wildman–Crippen MR) is 102 cm³/mol. The first-order chi connectivity index (χ1) is 13.8. The van der Waals surface area contributed by atoms with Crippen LogP contribution in [0.1, 0.15) is 37.6 Å². The average molecular weight is 404 g/mol. The van der Waals surface area contributed by atoms with E-state index in [1.54, 1.807) is 45.0 Å². The summed E-state index contributed by atoms with van der Waals surface area (Å²) in [4.78, 5) is 47.4. The summed E-state index contributed by atoms with van der Waals surface area (Å²) in [7, 11) is 0. The summed E-state index contributed by atoms with van der Waals surface area (Å²) < 4.78 is 15.4. The quantitative estimate of drug-likeness (QED) is 0.475. The highest BCUT2D eigenvalue weighted by Gasteiger charge is 2.30. The van der Waals surface area contributed by atoms with Crippen molar-refractivity contribution in [1.82, 2.24) is 10.6 Å². The Morgan fingerprint density at radius 3 is 2.38 bits per heavy atom. The lowest BCUT2D eigenvalue weighted by Gasteiger charge is -2.26. The maximum Gasteiger partial charge on any atom is 0.344 e. The molecular weight excluding hydrogens is 380 g/mol. The number of urea groups is 1. The number of benzene rings is 1. The summed E-state index contributed by atoms with van der Waals surface area (Å²) in [6.45, 7) is 4.56. The normalized spacial score (nSPS) is 15.8. The Morgan fingerprint density at radius 2 is 1.76 bits per heavy atom. The molecule has 9 nitrogen and oxygen atoms in total. The van der Waals surface area contributed by atoms with Crippen LogP contribution in [-0.2, 0) is 19.1 Å². The number of hydrogen-bond acceptors (Lipinski definition) is 7. The van der Waals surface area contributed by atoms with Crippen molar-refractivity contribution in [2.24, 2.45) is 0 Å². The van der Waals surface area contributed by atoms with E-state index in [1.165, 1.54) is 0 Å². The van der Waals surface area contributed by atoms with Crippen molar-refractivity contribution in [3.8, 4) is 5.75 Å². The van der Waals surface area contributed by atoms with Crippen molar-refractivity contribution in [1.29, 1.82) is 0 Å². The zero-order valence-electron chi connectivity index (χ0n) is 16.6. The molecular formula is C20H24N2O7. The Labute approximate surface area is 168 Å². The van der Waals surface area contributed by atoms with Gasteiger partial charge in [0.15, 0.2) is 12.4 Å². The summed E-state index contributed by atoms with van der Waals surface area (Å²) in [6, 6.07) is 5.33. The molecule has 0 bridgehead atoms. The van der Waals surface area contributed by atoms with Gasteiger partial charge in [0.05, 0.1) is 23.9 Å². The maximum atomic E-state index is 12.1. The Balaban J connectivity index is 1.94. The Kier molecular flexibility index (Phi) is 7.76. The third kappa shape index (κ3) is 6.06. The van der Waals surface area contributed by atoms with Gasteiger partial charge in [-0.05, 0) is 38.1 Å². The number of Topliss-reactive ketones (excluding diaryl/α,β-unsaturated/α-hetero) is 1. The minimum absolute atomic E-state index is 0.0138. The van der Waals surface area contributed by atoms with Gasteiger partial charge in [-0.25, -0.2) is 14.4 Å². The number of ether oxygens (including phenoxy) is 3. The minimum Gasteiger partial charge on any atom is -0.482 e. The number of esters is 2. The van der Waals surface area contributed by atoms with Crippen LogP contribution in [0.25, 0.3) is 0 Å². The van der Waals surface area contributed by atoms with Crippen molar-refractivity contribution >= 4 is 23.8 Å². The topological polar surface area (TPSA) is 120 Å². The fourth-order valence-electron chi connectivity index (χ4n) is 2.67. The molecule has 29 heavy (non-hydrogen) atoms. The molecule has 1 atom stereocenters. The molecule has 0 unspecified atom stereocenters. The molecule has 0 saturated carbocycles. The summed E-state index contributed by atoms with van der Waals surface area (Å²) in [6.07, 6.45) is 0.404. The molecule has 0 aliphatic carbocycles. The lowest BCUT2D eigenvalue weighted by molar-refractivity contribution is -0.145. The highest BCUT2D eigenvalue weighted by molar-refractivity contribution is 5.96. The predicted octanol–water partition coefficient (Wildman–Crippen LogP) is 1.72. The van der Waals surface area contributed by atoms with Crippen LogP contribution < -0.4 is 15.4 Å². The zero-order chi connectivity index (χ0) is 21.4. The van der Waals surface area contributed by atoms with E-state index in [1.807, 2.05) is 0 Å². The maximum absolute atomic E-state index is 12.1. The fraction of sp³-hybridized carbons (Fsp3) is 0.400. The molecule has 0 fully saturated rings. The van der Waals surface area contributed by atoms with Crippen LogP contribution >= 0.6 is 0 Å². The highest BCUT2D eigenvalue weighted by atomic mass is 16.6. The van der Waals surface area contributed by atoms with E-state index in [2.05, 4.69) is 10.6 Å². The van der Waals surface area contributed by atoms with Crippen molar-refractivity contribution in [3.05, 3.63) is 41.1 Å². The lowest BCUT2D eigenvalue weighted by atomic mass is 10.0. The molecule has 1 heterocycles. The minimum atomic E-state index is -0.685. The van der Waals surface area contributed by atoms with E-state index in [0.29, 0.717) is 17.7 Å². The molecule has 9 heteroatoms. The van der Waals surface area contributed by atoms with Crippen LogP contribution in [0, 0.1) is 0 Å². The molecule has 0 radical (unpaired) electrons. The van der Waals surface area contributed by atoms with Gasteiger partial charge in [-0.2, -0.15) is 0 Å². The average Bonchev–Trinajstić information content (AvgIpc) is 2.70. The first-order valence-corrected chi connectivity index (χ1v) is 9.25. The van der Waals surface area contributed by atoms with E-state index in [4.69, 9.17) is 14.2 Å². The van der Waals surface area contributed by atoms with E-state index >= 15 is 0 Å².